The number of alkyl halides is 3. The molecule has 0 radical (unpaired) electrons. The zero-order valence-electron chi connectivity index (χ0n) is 16.4. The maximum absolute atomic E-state index is 12.1. The van der Waals surface area contributed by atoms with E-state index in [0.717, 1.165) is 11.1 Å². The number of ether oxygens (including phenoxy) is 1. The first-order chi connectivity index (χ1) is 14.3. The highest BCUT2D eigenvalue weighted by molar-refractivity contribution is 5.79. The Kier molecular flexibility index (Phi) is 8.60. The summed E-state index contributed by atoms with van der Waals surface area (Å²) in [6.45, 7) is 2.02. The Morgan fingerprint density at radius 1 is 1.03 bits per heavy atom. The van der Waals surface area contributed by atoms with Crippen LogP contribution in [0.3, 0.4) is 0 Å². The number of halogens is 3. The molecule has 30 heavy (non-hydrogen) atoms. The Balaban J connectivity index is 1.88. The van der Waals surface area contributed by atoms with Crippen LogP contribution in [0, 0.1) is 10.1 Å². The zero-order chi connectivity index (χ0) is 22.0. The van der Waals surface area contributed by atoms with E-state index >= 15 is 0 Å². The minimum atomic E-state index is -4.33. The van der Waals surface area contributed by atoms with Crippen LogP contribution in [0.5, 0.6) is 0 Å². The van der Waals surface area contributed by atoms with Gasteiger partial charge in [-0.05, 0) is 23.6 Å². The SMILES string of the molecule is CCNC(=NCc1ccc(COCC(F)(F)F)cc1)NCc1ccc([N+](=O)[O-])cc1. The highest BCUT2D eigenvalue weighted by Gasteiger charge is 2.27. The number of hydrogen-bond donors (Lipinski definition) is 2. The molecule has 2 rings (SSSR count). The third kappa shape index (κ3) is 8.48. The highest BCUT2D eigenvalue weighted by Crippen LogP contribution is 2.16. The number of hydrogen-bond acceptors (Lipinski definition) is 4. The number of nitrogens with one attached hydrogen (secondary N) is 2. The van der Waals surface area contributed by atoms with Crippen LogP contribution in [0.25, 0.3) is 0 Å². The smallest absolute Gasteiger partial charge is 0.367 e. The van der Waals surface area contributed by atoms with Gasteiger partial charge in [-0.3, -0.25) is 10.1 Å². The maximum Gasteiger partial charge on any atom is 0.411 e. The summed E-state index contributed by atoms with van der Waals surface area (Å²) < 4.78 is 40.9. The number of nitro groups is 1. The molecule has 2 aromatic rings. The second-order valence-electron chi connectivity index (χ2n) is 6.40. The van der Waals surface area contributed by atoms with Gasteiger partial charge in [0.05, 0.1) is 18.1 Å². The summed E-state index contributed by atoms with van der Waals surface area (Å²) in [4.78, 5) is 14.7. The minimum absolute atomic E-state index is 0.0339. The molecule has 2 N–H and O–H groups in total. The molecule has 7 nitrogen and oxygen atoms in total. The van der Waals surface area contributed by atoms with Crippen LogP contribution in [0.2, 0.25) is 0 Å². The van der Waals surface area contributed by atoms with Crippen molar-refractivity contribution in [1.29, 1.82) is 0 Å². The average Bonchev–Trinajstić information content (AvgIpc) is 2.70. The predicted molar refractivity (Wildman–Crippen MR) is 107 cm³/mol. The van der Waals surface area contributed by atoms with Gasteiger partial charge in [0.25, 0.3) is 5.69 Å². The van der Waals surface area contributed by atoms with E-state index in [4.69, 9.17) is 0 Å². The van der Waals surface area contributed by atoms with Crippen LogP contribution in [0.15, 0.2) is 53.5 Å². The normalized spacial score (nSPS) is 11.9. The van der Waals surface area contributed by atoms with E-state index < -0.39 is 17.7 Å². The fourth-order valence-corrected chi connectivity index (χ4v) is 2.46. The van der Waals surface area contributed by atoms with Gasteiger partial charge in [-0.25, -0.2) is 4.99 Å². The van der Waals surface area contributed by atoms with E-state index in [1.807, 2.05) is 6.92 Å². The van der Waals surface area contributed by atoms with Crippen molar-refractivity contribution in [1.82, 2.24) is 10.6 Å². The van der Waals surface area contributed by atoms with Gasteiger partial charge in [0, 0.05) is 25.2 Å². The second kappa shape index (κ2) is 11.1. The summed E-state index contributed by atoms with van der Waals surface area (Å²) in [6, 6.07) is 13.2. The van der Waals surface area contributed by atoms with Gasteiger partial charge in [0.1, 0.15) is 6.61 Å². The Morgan fingerprint density at radius 2 is 1.63 bits per heavy atom. The van der Waals surface area contributed by atoms with Crippen molar-refractivity contribution in [2.75, 3.05) is 13.2 Å². The lowest BCUT2D eigenvalue weighted by atomic mass is 10.1. The molecular weight excluding hydrogens is 401 g/mol. The lowest BCUT2D eigenvalue weighted by molar-refractivity contribution is -0.384. The quantitative estimate of drug-likeness (QED) is 0.276. The van der Waals surface area contributed by atoms with Crippen molar-refractivity contribution in [3.8, 4) is 0 Å². The van der Waals surface area contributed by atoms with E-state index in [-0.39, 0.29) is 12.3 Å². The molecule has 0 saturated carbocycles. The summed E-state index contributed by atoms with van der Waals surface area (Å²) in [5.74, 6) is 0.577. The van der Waals surface area contributed by atoms with Gasteiger partial charge >= 0.3 is 6.18 Å². The molecule has 162 valence electrons. The van der Waals surface area contributed by atoms with E-state index in [1.54, 1.807) is 36.4 Å². The van der Waals surface area contributed by atoms with Crippen LogP contribution in [-0.2, 0) is 24.4 Å². The standard InChI is InChI=1S/C20H23F3N4O3/c1-2-24-19(26-12-16-7-9-18(10-8-16)27(28)29)25-11-15-3-5-17(6-4-15)13-30-14-20(21,22)23/h3-10H,2,11-14H2,1H3,(H2,24,25,26). The van der Waals surface area contributed by atoms with Gasteiger partial charge < -0.3 is 15.4 Å². The average molecular weight is 424 g/mol. The molecular formula is C20H23F3N4O3. The zero-order valence-corrected chi connectivity index (χ0v) is 16.4. The van der Waals surface area contributed by atoms with Crippen molar-refractivity contribution >= 4 is 11.6 Å². The topological polar surface area (TPSA) is 88.8 Å². The van der Waals surface area contributed by atoms with Gasteiger partial charge in [-0.2, -0.15) is 13.2 Å². The molecule has 0 aliphatic carbocycles. The first kappa shape index (κ1) is 23.1. The van der Waals surface area contributed by atoms with Crippen LogP contribution >= 0.6 is 0 Å². The number of nitrogens with zero attached hydrogens (tertiary/aromatic N) is 2. The number of aliphatic imine (C=N–C) groups is 1. The van der Waals surface area contributed by atoms with Gasteiger partial charge in [-0.15, -0.1) is 0 Å². The van der Waals surface area contributed by atoms with Crippen molar-refractivity contribution in [3.63, 3.8) is 0 Å². The van der Waals surface area contributed by atoms with E-state index in [1.165, 1.54) is 12.1 Å². The number of rotatable bonds is 9. The molecule has 10 heteroatoms. The molecule has 0 heterocycles. The second-order valence-corrected chi connectivity index (χ2v) is 6.40. The monoisotopic (exact) mass is 424 g/mol. The van der Waals surface area contributed by atoms with E-state index in [2.05, 4.69) is 20.4 Å². The minimum Gasteiger partial charge on any atom is -0.367 e. The summed E-state index contributed by atoms with van der Waals surface area (Å²) in [7, 11) is 0. The Hall–Kier alpha value is -3.14. The van der Waals surface area contributed by atoms with Gasteiger partial charge in [0.2, 0.25) is 0 Å². The molecule has 0 spiro atoms. The van der Waals surface area contributed by atoms with Crippen LogP contribution in [-0.4, -0.2) is 30.2 Å². The van der Waals surface area contributed by atoms with Crippen molar-refractivity contribution < 1.29 is 22.8 Å². The molecule has 0 aromatic heterocycles. The predicted octanol–water partition coefficient (Wildman–Crippen LogP) is 3.93. The molecule has 0 unspecified atom stereocenters. The molecule has 0 saturated heterocycles. The molecule has 2 aromatic carbocycles. The Labute approximate surface area is 172 Å². The first-order valence-corrected chi connectivity index (χ1v) is 9.24. The van der Waals surface area contributed by atoms with Crippen molar-refractivity contribution in [2.24, 2.45) is 4.99 Å². The van der Waals surface area contributed by atoms with Crippen molar-refractivity contribution in [2.45, 2.75) is 32.8 Å². The first-order valence-electron chi connectivity index (χ1n) is 9.24. The molecule has 0 atom stereocenters. The molecule has 0 amide bonds. The summed E-state index contributed by atoms with van der Waals surface area (Å²) >= 11 is 0. The molecule has 0 aliphatic rings. The molecule has 0 fully saturated rings. The van der Waals surface area contributed by atoms with Crippen LogP contribution in [0.4, 0.5) is 18.9 Å². The maximum atomic E-state index is 12.1. The fraction of sp³-hybridized carbons (Fsp3) is 0.350. The lowest BCUT2D eigenvalue weighted by Crippen LogP contribution is -2.36. The van der Waals surface area contributed by atoms with Crippen molar-refractivity contribution in [3.05, 3.63) is 75.3 Å². The Bertz CT molecular complexity index is 838. The van der Waals surface area contributed by atoms with E-state index in [0.29, 0.717) is 31.2 Å². The molecule has 0 aliphatic heterocycles. The third-order valence-corrected chi connectivity index (χ3v) is 3.93. The lowest BCUT2D eigenvalue weighted by Gasteiger charge is -2.11. The third-order valence-electron chi connectivity index (χ3n) is 3.93. The summed E-state index contributed by atoms with van der Waals surface area (Å²) in [5.41, 5.74) is 2.44. The summed E-state index contributed by atoms with van der Waals surface area (Å²) in [5, 5.41) is 17.0. The number of guanidine groups is 1. The highest BCUT2D eigenvalue weighted by atomic mass is 19.4. The van der Waals surface area contributed by atoms with Crippen LogP contribution in [0.1, 0.15) is 23.6 Å². The largest absolute Gasteiger partial charge is 0.411 e. The summed E-state index contributed by atoms with van der Waals surface area (Å²) in [6.07, 6.45) is -4.33. The fourth-order valence-electron chi connectivity index (χ4n) is 2.46. The number of benzene rings is 2. The molecule has 0 bridgehead atoms. The number of nitro benzene ring substituents is 1. The van der Waals surface area contributed by atoms with E-state index in [9.17, 15) is 23.3 Å². The van der Waals surface area contributed by atoms with Gasteiger partial charge in [-0.1, -0.05) is 36.4 Å². The van der Waals surface area contributed by atoms with Gasteiger partial charge in [0.15, 0.2) is 5.96 Å². The Morgan fingerprint density at radius 3 is 2.20 bits per heavy atom. The van der Waals surface area contributed by atoms with Crippen LogP contribution < -0.4 is 10.6 Å². The number of non-ortho nitro benzene ring substituents is 1.